The highest BCUT2D eigenvalue weighted by atomic mass is 19.1. The first kappa shape index (κ1) is 10.4. The Bertz CT molecular complexity index is 458. The quantitative estimate of drug-likeness (QED) is 0.765. The fourth-order valence-electron chi connectivity index (χ4n) is 1.28. The van der Waals surface area contributed by atoms with Crippen LogP contribution in [0.15, 0.2) is 29.0 Å². The maximum atomic E-state index is 13.3. The minimum atomic E-state index is -0.370. The van der Waals surface area contributed by atoms with E-state index >= 15 is 0 Å². The number of hydrogen-bond donors (Lipinski definition) is 2. The number of nitrogen functional groups attached to an aromatic ring is 1. The van der Waals surface area contributed by atoms with Gasteiger partial charge in [0.25, 0.3) is 0 Å². The van der Waals surface area contributed by atoms with Gasteiger partial charge in [-0.2, -0.15) is 4.98 Å². The summed E-state index contributed by atoms with van der Waals surface area (Å²) in [6.07, 6.45) is 1.88. The minimum Gasteiger partial charge on any atom is -0.399 e. The third kappa shape index (κ3) is 2.47. The smallest absolute Gasteiger partial charge is 0.228 e. The monoisotopic (exact) mass is 222 g/mol. The number of nitrogens with one attached hydrogen (secondary N) is 1. The van der Waals surface area contributed by atoms with Crippen molar-refractivity contribution < 1.29 is 8.91 Å². The van der Waals surface area contributed by atoms with Crippen molar-refractivity contribution in [2.75, 3.05) is 17.6 Å². The van der Waals surface area contributed by atoms with Crippen LogP contribution in [0.1, 0.15) is 5.89 Å². The Kier molecular flexibility index (Phi) is 3.00. The van der Waals surface area contributed by atoms with Gasteiger partial charge < -0.3 is 15.6 Å². The maximum absolute atomic E-state index is 13.3. The Morgan fingerprint density at radius 3 is 3.00 bits per heavy atom. The van der Waals surface area contributed by atoms with E-state index < -0.39 is 0 Å². The zero-order valence-corrected chi connectivity index (χ0v) is 8.48. The van der Waals surface area contributed by atoms with Crippen LogP contribution < -0.4 is 11.1 Å². The van der Waals surface area contributed by atoms with Crippen LogP contribution in [0.2, 0.25) is 0 Å². The molecule has 16 heavy (non-hydrogen) atoms. The summed E-state index contributed by atoms with van der Waals surface area (Å²) in [5.41, 5.74) is 6.25. The molecule has 2 aromatic rings. The summed E-state index contributed by atoms with van der Waals surface area (Å²) in [7, 11) is 0. The van der Waals surface area contributed by atoms with Crippen LogP contribution in [0.4, 0.5) is 15.8 Å². The summed E-state index contributed by atoms with van der Waals surface area (Å²) in [6, 6.07) is 4.51. The molecule has 0 aliphatic heterocycles. The van der Waals surface area contributed by atoms with Gasteiger partial charge in [0.15, 0.2) is 6.33 Å². The van der Waals surface area contributed by atoms with Crippen molar-refractivity contribution in [1.29, 1.82) is 0 Å². The van der Waals surface area contributed by atoms with Crippen molar-refractivity contribution in [3.8, 4) is 0 Å². The lowest BCUT2D eigenvalue weighted by Gasteiger charge is -2.06. The lowest BCUT2D eigenvalue weighted by Crippen LogP contribution is -2.06. The van der Waals surface area contributed by atoms with Crippen LogP contribution in [-0.2, 0) is 6.42 Å². The normalized spacial score (nSPS) is 10.3. The number of nitrogens with two attached hydrogens (primary N) is 1. The predicted octanol–water partition coefficient (Wildman–Crippen LogP) is 1.45. The fourth-order valence-corrected chi connectivity index (χ4v) is 1.28. The van der Waals surface area contributed by atoms with E-state index in [4.69, 9.17) is 10.3 Å². The number of halogens is 1. The summed E-state index contributed by atoms with van der Waals surface area (Å²) in [4.78, 5) is 3.85. The second kappa shape index (κ2) is 4.61. The molecule has 0 atom stereocenters. The standard InChI is InChI=1S/C10H11FN4O/c11-8-5-7(12)1-2-9(8)13-4-3-10-14-6-15-16-10/h1-2,5-6,13H,3-4,12H2. The van der Waals surface area contributed by atoms with Crippen LogP contribution in [0.3, 0.4) is 0 Å². The van der Waals surface area contributed by atoms with Crippen LogP contribution in [0.25, 0.3) is 0 Å². The number of anilines is 2. The molecule has 1 aromatic heterocycles. The first-order valence-electron chi connectivity index (χ1n) is 4.80. The molecule has 0 saturated heterocycles. The van der Waals surface area contributed by atoms with Crippen molar-refractivity contribution in [3.05, 3.63) is 36.2 Å². The lowest BCUT2D eigenvalue weighted by atomic mass is 10.2. The van der Waals surface area contributed by atoms with Gasteiger partial charge in [-0.25, -0.2) is 4.39 Å². The van der Waals surface area contributed by atoms with E-state index in [1.165, 1.54) is 12.4 Å². The van der Waals surface area contributed by atoms with Gasteiger partial charge in [0, 0.05) is 18.7 Å². The van der Waals surface area contributed by atoms with Crippen LogP contribution in [0.5, 0.6) is 0 Å². The van der Waals surface area contributed by atoms with Crippen LogP contribution in [-0.4, -0.2) is 16.7 Å². The molecule has 0 bridgehead atoms. The Hall–Kier alpha value is -2.11. The van der Waals surface area contributed by atoms with Gasteiger partial charge in [0.2, 0.25) is 5.89 Å². The first-order chi connectivity index (χ1) is 7.75. The van der Waals surface area contributed by atoms with Crippen LogP contribution in [0, 0.1) is 5.82 Å². The molecule has 1 heterocycles. The molecule has 3 N–H and O–H groups in total. The molecule has 0 saturated carbocycles. The zero-order valence-electron chi connectivity index (χ0n) is 8.48. The molecular weight excluding hydrogens is 211 g/mol. The van der Waals surface area contributed by atoms with Gasteiger partial charge in [-0.1, -0.05) is 5.16 Å². The van der Waals surface area contributed by atoms with E-state index in [9.17, 15) is 4.39 Å². The van der Waals surface area contributed by atoms with Crippen molar-refractivity contribution in [1.82, 2.24) is 10.1 Å². The van der Waals surface area contributed by atoms with Crippen molar-refractivity contribution in [2.45, 2.75) is 6.42 Å². The summed E-state index contributed by atoms with van der Waals surface area (Å²) in [5, 5.41) is 6.39. The predicted molar refractivity (Wildman–Crippen MR) is 57.3 cm³/mol. The average molecular weight is 222 g/mol. The number of nitrogens with zero attached hydrogens (tertiary/aromatic N) is 2. The Balaban J connectivity index is 1.90. The van der Waals surface area contributed by atoms with E-state index in [1.54, 1.807) is 12.1 Å². The molecule has 0 unspecified atom stereocenters. The number of benzene rings is 1. The number of hydrogen-bond acceptors (Lipinski definition) is 5. The third-order valence-corrected chi connectivity index (χ3v) is 2.05. The summed E-state index contributed by atoms with van der Waals surface area (Å²) < 4.78 is 18.1. The van der Waals surface area contributed by atoms with E-state index in [0.717, 1.165) is 0 Å². The summed E-state index contributed by atoms with van der Waals surface area (Å²) in [5.74, 6) is 0.147. The maximum Gasteiger partial charge on any atom is 0.228 e. The molecular formula is C10H11FN4O. The number of aromatic nitrogens is 2. The zero-order chi connectivity index (χ0) is 11.4. The molecule has 6 heteroatoms. The second-order valence-electron chi connectivity index (χ2n) is 3.25. The summed E-state index contributed by atoms with van der Waals surface area (Å²) >= 11 is 0. The van der Waals surface area contributed by atoms with E-state index in [0.29, 0.717) is 30.2 Å². The molecule has 0 radical (unpaired) electrons. The molecule has 0 amide bonds. The SMILES string of the molecule is Nc1ccc(NCCc2ncno2)c(F)c1. The molecule has 0 fully saturated rings. The highest BCUT2D eigenvalue weighted by molar-refractivity contribution is 5.52. The number of rotatable bonds is 4. The molecule has 0 spiro atoms. The molecule has 2 rings (SSSR count). The van der Waals surface area contributed by atoms with Crippen LogP contribution >= 0.6 is 0 Å². The molecule has 1 aromatic carbocycles. The van der Waals surface area contributed by atoms with Gasteiger partial charge in [0.1, 0.15) is 5.82 Å². The lowest BCUT2D eigenvalue weighted by molar-refractivity contribution is 0.379. The largest absolute Gasteiger partial charge is 0.399 e. The van der Waals surface area contributed by atoms with E-state index in [-0.39, 0.29) is 5.82 Å². The third-order valence-electron chi connectivity index (χ3n) is 2.05. The van der Waals surface area contributed by atoms with Gasteiger partial charge in [-0.15, -0.1) is 0 Å². The highest BCUT2D eigenvalue weighted by Crippen LogP contribution is 2.16. The Labute approximate surface area is 91.5 Å². The van der Waals surface area contributed by atoms with E-state index in [2.05, 4.69) is 15.5 Å². The Morgan fingerprint density at radius 1 is 1.44 bits per heavy atom. The van der Waals surface area contributed by atoms with Gasteiger partial charge >= 0.3 is 0 Å². The van der Waals surface area contributed by atoms with Crippen molar-refractivity contribution in [3.63, 3.8) is 0 Å². The topological polar surface area (TPSA) is 77.0 Å². The Morgan fingerprint density at radius 2 is 2.31 bits per heavy atom. The molecule has 0 aliphatic carbocycles. The molecule has 5 nitrogen and oxygen atoms in total. The minimum absolute atomic E-state index is 0.370. The van der Waals surface area contributed by atoms with Crippen molar-refractivity contribution in [2.24, 2.45) is 0 Å². The average Bonchev–Trinajstić information content (AvgIpc) is 2.74. The summed E-state index contributed by atoms with van der Waals surface area (Å²) in [6.45, 7) is 0.517. The second-order valence-corrected chi connectivity index (χ2v) is 3.25. The van der Waals surface area contributed by atoms with Gasteiger partial charge in [-0.3, -0.25) is 0 Å². The molecule has 0 aliphatic rings. The fraction of sp³-hybridized carbons (Fsp3) is 0.200. The van der Waals surface area contributed by atoms with Gasteiger partial charge in [0.05, 0.1) is 5.69 Å². The van der Waals surface area contributed by atoms with Crippen molar-refractivity contribution >= 4 is 11.4 Å². The van der Waals surface area contributed by atoms with E-state index in [1.807, 2.05) is 0 Å². The van der Waals surface area contributed by atoms with Gasteiger partial charge in [-0.05, 0) is 18.2 Å². The first-order valence-corrected chi connectivity index (χ1v) is 4.80. The molecule has 84 valence electrons. The highest BCUT2D eigenvalue weighted by Gasteiger charge is 2.03.